The highest BCUT2D eigenvalue weighted by Gasteiger charge is 2.42. The molecule has 1 N–H and O–H groups in total. The topological polar surface area (TPSA) is 63.1 Å². The molecule has 158 valence electrons. The lowest BCUT2D eigenvalue weighted by atomic mass is 9.95. The summed E-state index contributed by atoms with van der Waals surface area (Å²) in [6.45, 7) is 9.16. The normalized spacial score (nSPS) is 25.5. The Balaban J connectivity index is 1.43. The molecule has 0 aromatic carbocycles. The molecule has 1 unspecified atom stereocenters. The number of aromatic nitrogens is 3. The summed E-state index contributed by atoms with van der Waals surface area (Å²) in [5, 5.41) is 14.1. The van der Waals surface area contributed by atoms with Gasteiger partial charge in [-0.1, -0.05) is 19.9 Å². The van der Waals surface area contributed by atoms with Crippen molar-refractivity contribution in [2.24, 2.45) is 0 Å². The Morgan fingerprint density at radius 3 is 2.55 bits per heavy atom. The summed E-state index contributed by atoms with van der Waals surface area (Å²) in [4.78, 5) is 15.7. The Morgan fingerprint density at radius 2 is 1.97 bits per heavy atom. The van der Waals surface area contributed by atoms with Gasteiger partial charge in [-0.25, -0.2) is 0 Å². The Hall–Kier alpha value is -1.73. The summed E-state index contributed by atoms with van der Waals surface area (Å²) in [5.41, 5.74) is 0. The Morgan fingerprint density at radius 1 is 1.24 bits per heavy atom. The quantitative estimate of drug-likeness (QED) is 0.736. The van der Waals surface area contributed by atoms with Gasteiger partial charge in [-0.2, -0.15) is 0 Å². The van der Waals surface area contributed by atoms with Crippen molar-refractivity contribution < 1.29 is 4.79 Å². The van der Waals surface area contributed by atoms with Gasteiger partial charge in [0, 0.05) is 42.4 Å². The van der Waals surface area contributed by atoms with Gasteiger partial charge in [-0.05, 0) is 50.5 Å². The first-order valence-electron chi connectivity index (χ1n) is 10.9. The molecule has 7 heteroatoms. The molecule has 2 fully saturated rings. The van der Waals surface area contributed by atoms with Crippen molar-refractivity contribution in [2.75, 3.05) is 6.54 Å². The average Bonchev–Trinajstić information content (AvgIpc) is 3.37. The largest absolute Gasteiger partial charge is 0.349 e. The lowest BCUT2D eigenvalue weighted by Gasteiger charge is -2.40. The minimum atomic E-state index is 0.0503. The molecule has 2 aliphatic rings. The molecule has 2 saturated heterocycles. The molecule has 2 aromatic heterocycles. The number of hydrogen-bond acceptors (Lipinski definition) is 5. The zero-order valence-corrected chi connectivity index (χ0v) is 18.8. The lowest BCUT2D eigenvalue weighted by Crippen LogP contribution is -2.45. The van der Waals surface area contributed by atoms with Crippen molar-refractivity contribution in [3.63, 3.8) is 0 Å². The Labute approximate surface area is 177 Å². The maximum Gasteiger partial charge on any atom is 0.217 e. The molecule has 2 bridgehead atoms. The van der Waals surface area contributed by atoms with E-state index >= 15 is 0 Å². The fourth-order valence-corrected chi connectivity index (χ4v) is 6.16. The van der Waals surface area contributed by atoms with Crippen LogP contribution in [-0.2, 0) is 4.79 Å². The van der Waals surface area contributed by atoms with E-state index in [1.54, 1.807) is 18.3 Å². The molecule has 4 atom stereocenters. The van der Waals surface area contributed by atoms with Crippen LogP contribution >= 0.6 is 11.3 Å². The molecule has 1 amide bonds. The Kier molecular flexibility index (Phi) is 6.06. The third kappa shape index (κ3) is 4.26. The summed E-state index contributed by atoms with van der Waals surface area (Å²) in [5.74, 6) is 2.63. The van der Waals surface area contributed by atoms with Crippen molar-refractivity contribution in [1.29, 1.82) is 0 Å². The smallest absolute Gasteiger partial charge is 0.217 e. The monoisotopic (exact) mass is 415 g/mol. The molecule has 0 aliphatic carbocycles. The molecule has 29 heavy (non-hydrogen) atoms. The summed E-state index contributed by atoms with van der Waals surface area (Å²) >= 11 is 1.73. The van der Waals surface area contributed by atoms with Gasteiger partial charge in [-0.3, -0.25) is 9.69 Å². The van der Waals surface area contributed by atoms with Gasteiger partial charge in [0.05, 0.1) is 6.04 Å². The maximum absolute atomic E-state index is 11.7. The predicted octanol–water partition coefficient (Wildman–Crippen LogP) is 4.21. The second-order valence-corrected chi connectivity index (χ2v) is 9.91. The lowest BCUT2D eigenvalue weighted by molar-refractivity contribution is -0.119. The highest BCUT2D eigenvalue weighted by Crippen LogP contribution is 2.42. The van der Waals surface area contributed by atoms with E-state index in [2.05, 4.69) is 63.3 Å². The second kappa shape index (κ2) is 8.56. The van der Waals surface area contributed by atoms with Crippen molar-refractivity contribution in [3.8, 4) is 0 Å². The third-order valence-electron chi connectivity index (χ3n) is 6.57. The molecule has 2 aliphatic heterocycles. The molecular weight excluding hydrogens is 382 g/mol. The number of carbonyl (C=O) groups excluding carboxylic acids is 1. The van der Waals surface area contributed by atoms with E-state index in [9.17, 15) is 4.79 Å². The zero-order valence-electron chi connectivity index (χ0n) is 18.0. The summed E-state index contributed by atoms with van der Waals surface area (Å²) < 4.78 is 2.42. The van der Waals surface area contributed by atoms with Gasteiger partial charge in [0.2, 0.25) is 5.91 Å². The van der Waals surface area contributed by atoms with E-state index < -0.39 is 0 Å². The van der Waals surface area contributed by atoms with Crippen LogP contribution in [0.3, 0.4) is 0 Å². The molecule has 2 aromatic rings. The first-order valence-corrected chi connectivity index (χ1v) is 11.8. The standard InChI is InChI=1S/C22H33N5OS/c1-14(2)22-25-24-15(3)27(22)19-12-17-7-8-18(13-19)26(17)10-9-20(23-16(4)28)21-6-5-11-29-21/h5-6,11,14,17-20H,7-10,12-13H2,1-4H3,(H,23,28)/t17-,18+,19?,20-/m0/s1. The van der Waals surface area contributed by atoms with Crippen LogP contribution in [0.2, 0.25) is 0 Å². The van der Waals surface area contributed by atoms with Gasteiger partial charge in [0.25, 0.3) is 0 Å². The van der Waals surface area contributed by atoms with Crippen LogP contribution in [-0.4, -0.2) is 44.2 Å². The van der Waals surface area contributed by atoms with Gasteiger partial charge in [0.15, 0.2) is 0 Å². The van der Waals surface area contributed by atoms with Gasteiger partial charge < -0.3 is 9.88 Å². The van der Waals surface area contributed by atoms with Gasteiger partial charge in [0.1, 0.15) is 11.6 Å². The number of nitrogens with zero attached hydrogens (tertiary/aromatic N) is 4. The van der Waals surface area contributed by atoms with Crippen LogP contribution in [0, 0.1) is 6.92 Å². The van der Waals surface area contributed by atoms with Crippen molar-refractivity contribution >= 4 is 17.2 Å². The summed E-state index contributed by atoms with van der Waals surface area (Å²) in [6.07, 6.45) is 5.89. The van der Waals surface area contributed by atoms with Crippen LogP contribution < -0.4 is 5.32 Å². The number of carbonyl (C=O) groups is 1. The van der Waals surface area contributed by atoms with Crippen molar-refractivity contribution in [3.05, 3.63) is 34.0 Å². The van der Waals surface area contributed by atoms with Crippen molar-refractivity contribution in [1.82, 2.24) is 25.0 Å². The molecular formula is C22H33N5OS. The highest BCUT2D eigenvalue weighted by molar-refractivity contribution is 7.10. The van der Waals surface area contributed by atoms with Gasteiger partial charge >= 0.3 is 0 Å². The van der Waals surface area contributed by atoms with Crippen LogP contribution in [0.25, 0.3) is 0 Å². The zero-order chi connectivity index (χ0) is 20.5. The SMILES string of the molecule is CC(=O)N[C@@H](CCN1[C@@H]2CC[C@H]1CC(n1c(C)nnc1C(C)C)C2)c1cccs1. The first-order chi connectivity index (χ1) is 13.9. The van der Waals surface area contributed by atoms with Crippen LogP contribution in [0.15, 0.2) is 17.5 Å². The minimum absolute atomic E-state index is 0.0503. The number of hydrogen-bond donors (Lipinski definition) is 1. The number of fused-ring (bicyclic) bond motifs is 2. The van der Waals surface area contributed by atoms with E-state index in [1.165, 1.54) is 30.6 Å². The highest BCUT2D eigenvalue weighted by atomic mass is 32.1. The summed E-state index contributed by atoms with van der Waals surface area (Å²) in [6, 6.07) is 6.09. The number of thiophene rings is 1. The molecule has 6 nitrogen and oxygen atoms in total. The summed E-state index contributed by atoms with van der Waals surface area (Å²) in [7, 11) is 0. The van der Waals surface area contributed by atoms with E-state index in [0.717, 1.165) is 24.6 Å². The van der Waals surface area contributed by atoms with E-state index in [0.29, 0.717) is 24.0 Å². The van der Waals surface area contributed by atoms with Crippen LogP contribution in [0.5, 0.6) is 0 Å². The molecule has 0 saturated carbocycles. The third-order valence-corrected chi connectivity index (χ3v) is 7.56. The van der Waals surface area contributed by atoms with Crippen LogP contribution in [0.4, 0.5) is 0 Å². The number of amides is 1. The number of rotatable bonds is 7. The van der Waals surface area contributed by atoms with E-state index in [1.807, 2.05) is 0 Å². The number of piperidine rings is 1. The molecule has 0 radical (unpaired) electrons. The number of aryl methyl sites for hydroxylation is 1. The average molecular weight is 416 g/mol. The molecule has 0 spiro atoms. The second-order valence-electron chi connectivity index (χ2n) is 8.94. The van der Waals surface area contributed by atoms with Crippen molar-refractivity contribution in [2.45, 2.75) is 89.9 Å². The first kappa shape index (κ1) is 20.5. The minimum Gasteiger partial charge on any atom is -0.349 e. The maximum atomic E-state index is 11.7. The number of nitrogens with one attached hydrogen (secondary N) is 1. The van der Waals surface area contributed by atoms with E-state index in [4.69, 9.17) is 0 Å². The molecule has 4 rings (SSSR count). The van der Waals surface area contributed by atoms with Crippen LogP contribution in [0.1, 0.15) is 87.4 Å². The van der Waals surface area contributed by atoms with Gasteiger partial charge in [-0.15, -0.1) is 21.5 Å². The fourth-order valence-electron chi connectivity index (χ4n) is 5.35. The molecule has 4 heterocycles. The fraction of sp³-hybridized carbons (Fsp3) is 0.682. The predicted molar refractivity (Wildman–Crippen MR) is 116 cm³/mol. The Bertz CT molecular complexity index is 816. The van der Waals surface area contributed by atoms with E-state index in [-0.39, 0.29) is 11.9 Å².